The lowest BCUT2D eigenvalue weighted by Gasteiger charge is -2.26. The maximum atomic E-state index is 10.6. The van der Waals surface area contributed by atoms with E-state index >= 15 is 0 Å². The second-order valence-electron chi connectivity index (χ2n) is 3.62. The van der Waals surface area contributed by atoms with Crippen LogP contribution in [0.15, 0.2) is 24.3 Å². The average Bonchev–Trinajstić information content (AvgIpc) is 2.16. The number of benzene rings is 1. The number of hydrogen-bond acceptors (Lipinski definition) is 3. The van der Waals surface area contributed by atoms with Crippen molar-refractivity contribution in [3.8, 4) is 0 Å². The molecule has 0 bridgehead atoms. The molecule has 2 N–H and O–H groups in total. The first-order chi connectivity index (χ1) is 7.25. The van der Waals surface area contributed by atoms with Crippen LogP contribution in [-0.4, -0.2) is 30.3 Å². The number of carbonyl (C=O) groups is 1. The molecule has 0 atom stereocenters. The van der Waals surface area contributed by atoms with Gasteiger partial charge in [0.2, 0.25) is 0 Å². The van der Waals surface area contributed by atoms with Crippen molar-refractivity contribution in [3.63, 3.8) is 0 Å². The van der Waals surface area contributed by atoms with Gasteiger partial charge in [-0.3, -0.25) is 0 Å². The molecule has 0 unspecified atom stereocenters. The third kappa shape index (κ3) is 2.55. The lowest BCUT2D eigenvalue weighted by Crippen LogP contribution is -2.45. The Hall–Kier alpha value is -1.39. The Morgan fingerprint density at radius 2 is 2.07 bits per heavy atom. The predicted molar refractivity (Wildman–Crippen MR) is 54.8 cm³/mol. The summed E-state index contributed by atoms with van der Waals surface area (Å²) >= 11 is 0. The summed E-state index contributed by atoms with van der Waals surface area (Å²) in [7, 11) is 0. The van der Waals surface area contributed by atoms with Crippen molar-refractivity contribution in [2.24, 2.45) is 0 Å². The normalized spacial score (nSPS) is 16.0. The van der Waals surface area contributed by atoms with Crippen LogP contribution in [-0.2, 0) is 11.3 Å². The fraction of sp³-hybridized carbons (Fsp3) is 0.364. The highest BCUT2D eigenvalue weighted by Gasteiger charge is 2.16. The van der Waals surface area contributed by atoms with Crippen molar-refractivity contribution < 1.29 is 14.6 Å². The number of nitrogens with one attached hydrogen (secondary N) is 1. The van der Waals surface area contributed by atoms with Crippen molar-refractivity contribution >= 4 is 5.97 Å². The molecule has 80 valence electrons. The van der Waals surface area contributed by atoms with Gasteiger partial charge in [-0.1, -0.05) is 12.1 Å². The van der Waals surface area contributed by atoms with Gasteiger partial charge in [0.1, 0.15) is 0 Å². The molecule has 0 saturated carbocycles. The maximum Gasteiger partial charge on any atom is 0.335 e. The summed E-state index contributed by atoms with van der Waals surface area (Å²) in [5.41, 5.74) is 1.41. The molecule has 1 aliphatic heterocycles. The topological polar surface area (TPSA) is 58.6 Å². The van der Waals surface area contributed by atoms with E-state index in [0.29, 0.717) is 11.6 Å². The first-order valence-corrected chi connectivity index (χ1v) is 4.89. The molecule has 4 nitrogen and oxygen atoms in total. The molecule has 1 saturated heterocycles. The van der Waals surface area contributed by atoms with E-state index < -0.39 is 5.97 Å². The third-order valence-corrected chi connectivity index (χ3v) is 2.43. The molecule has 1 aromatic carbocycles. The van der Waals surface area contributed by atoms with E-state index in [9.17, 15) is 4.79 Å². The second-order valence-corrected chi connectivity index (χ2v) is 3.62. The highest BCUT2D eigenvalue weighted by molar-refractivity contribution is 5.87. The molecule has 15 heavy (non-hydrogen) atoms. The van der Waals surface area contributed by atoms with Gasteiger partial charge >= 0.3 is 5.97 Å². The Morgan fingerprint density at radius 3 is 2.53 bits per heavy atom. The quantitative estimate of drug-likeness (QED) is 0.769. The minimum atomic E-state index is -0.887. The molecule has 4 heteroatoms. The van der Waals surface area contributed by atoms with Crippen LogP contribution in [0.5, 0.6) is 0 Å². The van der Waals surface area contributed by atoms with Gasteiger partial charge in [-0.15, -0.1) is 0 Å². The van der Waals surface area contributed by atoms with Gasteiger partial charge in [0.15, 0.2) is 0 Å². The minimum absolute atomic E-state index is 0.325. The van der Waals surface area contributed by atoms with Crippen LogP contribution in [0.25, 0.3) is 0 Å². The number of carboxylic acid groups (broad SMARTS) is 1. The standard InChI is InChI=1S/C11H13NO3/c13-11(14)9-3-1-8(2-4-9)5-12-10-6-15-7-10/h1-4,10,12H,5-7H2,(H,13,14). The van der Waals surface area contributed by atoms with Crippen LogP contribution >= 0.6 is 0 Å². The van der Waals surface area contributed by atoms with Gasteiger partial charge in [0.25, 0.3) is 0 Å². The van der Waals surface area contributed by atoms with Crippen LogP contribution in [0.3, 0.4) is 0 Å². The Labute approximate surface area is 87.9 Å². The highest BCUT2D eigenvalue weighted by Crippen LogP contribution is 2.06. The van der Waals surface area contributed by atoms with Gasteiger partial charge in [-0.2, -0.15) is 0 Å². The zero-order valence-electron chi connectivity index (χ0n) is 8.27. The van der Waals surface area contributed by atoms with Crippen LogP contribution in [0.1, 0.15) is 15.9 Å². The third-order valence-electron chi connectivity index (χ3n) is 2.43. The van der Waals surface area contributed by atoms with Crippen molar-refractivity contribution in [2.75, 3.05) is 13.2 Å². The van der Waals surface area contributed by atoms with Gasteiger partial charge in [0, 0.05) is 6.54 Å². The Bertz CT molecular complexity index is 343. The van der Waals surface area contributed by atoms with E-state index in [0.717, 1.165) is 25.3 Å². The van der Waals surface area contributed by atoms with E-state index in [1.165, 1.54) is 0 Å². The monoisotopic (exact) mass is 207 g/mol. The Morgan fingerprint density at radius 1 is 1.40 bits per heavy atom. The van der Waals surface area contributed by atoms with E-state index in [-0.39, 0.29) is 0 Å². The first kappa shape index (κ1) is 10.1. The zero-order chi connectivity index (χ0) is 10.7. The lowest BCUT2D eigenvalue weighted by atomic mass is 10.1. The van der Waals surface area contributed by atoms with Crippen LogP contribution < -0.4 is 5.32 Å². The molecule has 1 aliphatic rings. The van der Waals surface area contributed by atoms with E-state index in [2.05, 4.69) is 5.32 Å². The maximum absolute atomic E-state index is 10.6. The average molecular weight is 207 g/mol. The molecule has 0 radical (unpaired) electrons. The summed E-state index contributed by atoms with van der Waals surface area (Å²) in [5, 5.41) is 12.0. The highest BCUT2D eigenvalue weighted by atomic mass is 16.5. The molecule has 0 spiro atoms. The summed E-state index contributed by atoms with van der Waals surface area (Å²) < 4.78 is 5.03. The molecule has 0 amide bonds. The summed E-state index contributed by atoms with van der Waals surface area (Å²) in [6.07, 6.45) is 0. The molecule has 1 fully saturated rings. The van der Waals surface area contributed by atoms with Crippen molar-refractivity contribution in [1.29, 1.82) is 0 Å². The van der Waals surface area contributed by atoms with Crippen LogP contribution in [0.2, 0.25) is 0 Å². The van der Waals surface area contributed by atoms with Crippen molar-refractivity contribution in [3.05, 3.63) is 35.4 Å². The van der Waals surface area contributed by atoms with E-state index in [1.54, 1.807) is 12.1 Å². The van der Waals surface area contributed by atoms with Crippen LogP contribution in [0.4, 0.5) is 0 Å². The Kier molecular flexibility index (Phi) is 2.99. The molecule has 0 aromatic heterocycles. The zero-order valence-corrected chi connectivity index (χ0v) is 8.27. The molecular formula is C11H13NO3. The van der Waals surface area contributed by atoms with Gasteiger partial charge in [0.05, 0.1) is 24.8 Å². The van der Waals surface area contributed by atoms with E-state index in [1.807, 2.05) is 12.1 Å². The van der Waals surface area contributed by atoms with Crippen molar-refractivity contribution in [2.45, 2.75) is 12.6 Å². The van der Waals surface area contributed by atoms with E-state index in [4.69, 9.17) is 9.84 Å². The SMILES string of the molecule is O=C(O)c1ccc(CNC2COC2)cc1. The number of rotatable bonds is 4. The molecule has 0 aliphatic carbocycles. The molecule has 1 heterocycles. The minimum Gasteiger partial charge on any atom is -0.478 e. The first-order valence-electron chi connectivity index (χ1n) is 4.89. The fourth-order valence-corrected chi connectivity index (χ4v) is 1.38. The van der Waals surface area contributed by atoms with Gasteiger partial charge < -0.3 is 15.2 Å². The largest absolute Gasteiger partial charge is 0.478 e. The fourth-order valence-electron chi connectivity index (χ4n) is 1.38. The van der Waals surface area contributed by atoms with Crippen molar-refractivity contribution in [1.82, 2.24) is 5.32 Å². The Balaban J connectivity index is 1.88. The lowest BCUT2D eigenvalue weighted by molar-refractivity contribution is -0.00578. The number of aromatic carboxylic acids is 1. The van der Waals surface area contributed by atoms with Gasteiger partial charge in [-0.05, 0) is 17.7 Å². The summed E-state index contributed by atoms with van der Waals surface area (Å²) in [5.74, 6) is -0.887. The molecule has 1 aromatic rings. The summed E-state index contributed by atoms with van der Waals surface area (Å²) in [6, 6.07) is 7.35. The number of hydrogen-bond donors (Lipinski definition) is 2. The summed E-state index contributed by atoms with van der Waals surface area (Å²) in [6.45, 7) is 2.30. The number of ether oxygens (including phenoxy) is 1. The van der Waals surface area contributed by atoms with Gasteiger partial charge in [-0.25, -0.2) is 4.79 Å². The van der Waals surface area contributed by atoms with Crippen LogP contribution in [0, 0.1) is 0 Å². The molecule has 2 rings (SSSR count). The predicted octanol–water partition coefficient (Wildman–Crippen LogP) is 0.873. The smallest absolute Gasteiger partial charge is 0.335 e. The second kappa shape index (κ2) is 4.42. The summed E-state index contributed by atoms with van der Waals surface area (Å²) in [4.78, 5) is 10.6. The molecular weight excluding hydrogens is 194 g/mol. The number of carboxylic acids is 1.